The van der Waals surface area contributed by atoms with E-state index in [1.54, 1.807) is 14.2 Å². The number of anilines is 2. The van der Waals surface area contributed by atoms with Crippen LogP contribution in [-0.4, -0.2) is 14.2 Å². The summed E-state index contributed by atoms with van der Waals surface area (Å²) in [7, 11) is 3.37. The van der Waals surface area contributed by atoms with Gasteiger partial charge < -0.3 is 14.8 Å². The summed E-state index contributed by atoms with van der Waals surface area (Å²) in [6.07, 6.45) is 0. The van der Waals surface area contributed by atoms with Gasteiger partial charge in [-0.05, 0) is 55.7 Å². The number of hydrogen-bond donors (Lipinski definition) is 1. The Morgan fingerprint density at radius 3 is 2.15 bits per heavy atom. The van der Waals surface area contributed by atoms with Gasteiger partial charge in [0.25, 0.3) is 0 Å². The molecule has 2 aromatic carbocycles. The van der Waals surface area contributed by atoms with Gasteiger partial charge >= 0.3 is 0 Å². The third-order valence-corrected chi connectivity index (χ3v) is 3.50. The second-order valence-corrected chi connectivity index (χ2v) is 4.92. The SMILES string of the molecule is COc1cc(C)c(C)cc1Nc1cccc(C)c1OC. The molecule has 0 saturated heterocycles. The minimum atomic E-state index is 0.830. The minimum Gasteiger partial charge on any atom is -0.495 e. The van der Waals surface area contributed by atoms with Gasteiger partial charge in [-0.15, -0.1) is 0 Å². The van der Waals surface area contributed by atoms with Gasteiger partial charge in [0.05, 0.1) is 25.6 Å². The van der Waals surface area contributed by atoms with E-state index in [0.29, 0.717) is 0 Å². The van der Waals surface area contributed by atoms with Crippen LogP contribution >= 0.6 is 0 Å². The fourth-order valence-electron chi connectivity index (χ4n) is 2.22. The Kier molecular flexibility index (Phi) is 4.18. The quantitative estimate of drug-likeness (QED) is 0.895. The van der Waals surface area contributed by atoms with Crippen LogP contribution in [0.3, 0.4) is 0 Å². The molecule has 0 amide bonds. The maximum Gasteiger partial charge on any atom is 0.145 e. The lowest BCUT2D eigenvalue weighted by Gasteiger charge is -2.16. The van der Waals surface area contributed by atoms with E-state index < -0.39 is 0 Å². The zero-order chi connectivity index (χ0) is 14.7. The van der Waals surface area contributed by atoms with Gasteiger partial charge in [-0.1, -0.05) is 12.1 Å². The molecule has 0 bridgehead atoms. The van der Waals surface area contributed by atoms with Crippen molar-refractivity contribution in [3.63, 3.8) is 0 Å². The van der Waals surface area contributed by atoms with Crippen molar-refractivity contribution < 1.29 is 9.47 Å². The molecule has 0 aliphatic carbocycles. The summed E-state index contributed by atoms with van der Waals surface area (Å²) in [6, 6.07) is 10.2. The lowest BCUT2D eigenvalue weighted by Crippen LogP contribution is -1.99. The smallest absolute Gasteiger partial charge is 0.145 e. The molecule has 20 heavy (non-hydrogen) atoms. The van der Waals surface area contributed by atoms with Gasteiger partial charge in [0.1, 0.15) is 11.5 Å². The predicted molar refractivity (Wildman–Crippen MR) is 83.5 cm³/mol. The van der Waals surface area contributed by atoms with E-state index in [9.17, 15) is 0 Å². The van der Waals surface area contributed by atoms with Crippen molar-refractivity contribution in [2.24, 2.45) is 0 Å². The Morgan fingerprint density at radius 2 is 1.50 bits per heavy atom. The predicted octanol–water partition coefficient (Wildman–Crippen LogP) is 4.37. The molecule has 0 saturated carbocycles. The molecule has 0 aliphatic rings. The molecule has 0 fully saturated rings. The van der Waals surface area contributed by atoms with E-state index in [2.05, 4.69) is 25.2 Å². The first-order chi connectivity index (χ1) is 9.56. The van der Waals surface area contributed by atoms with Crippen LogP contribution in [-0.2, 0) is 0 Å². The summed E-state index contributed by atoms with van der Waals surface area (Å²) in [5.74, 6) is 1.68. The van der Waals surface area contributed by atoms with Crippen molar-refractivity contribution in [3.8, 4) is 11.5 Å². The van der Waals surface area contributed by atoms with E-state index in [1.807, 2.05) is 31.2 Å². The molecule has 1 N–H and O–H groups in total. The van der Waals surface area contributed by atoms with Gasteiger partial charge in [-0.25, -0.2) is 0 Å². The van der Waals surface area contributed by atoms with Crippen LogP contribution in [0.25, 0.3) is 0 Å². The molecule has 0 radical (unpaired) electrons. The minimum absolute atomic E-state index is 0.830. The summed E-state index contributed by atoms with van der Waals surface area (Å²) in [5, 5.41) is 3.40. The zero-order valence-electron chi connectivity index (χ0n) is 12.7. The number of aryl methyl sites for hydroxylation is 3. The molecule has 0 aliphatic heterocycles. The van der Waals surface area contributed by atoms with Crippen molar-refractivity contribution in [1.82, 2.24) is 0 Å². The van der Waals surface area contributed by atoms with Gasteiger partial charge in [0, 0.05) is 0 Å². The number of methoxy groups -OCH3 is 2. The molecule has 0 unspecified atom stereocenters. The van der Waals surface area contributed by atoms with Gasteiger partial charge in [-0.3, -0.25) is 0 Å². The normalized spacial score (nSPS) is 10.2. The molecule has 2 aromatic rings. The van der Waals surface area contributed by atoms with E-state index >= 15 is 0 Å². The average molecular weight is 271 g/mol. The summed E-state index contributed by atoms with van der Waals surface area (Å²) in [4.78, 5) is 0. The number of rotatable bonds is 4. The summed E-state index contributed by atoms with van der Waals surface area (Å²) in [5.41, 5.74) is 5.41. The number of ether oxygens (including phenoxy) is 2. The average Bonchev–Trinajstić information content (AvgIpc) is 2.43. The molecular weight excluding hydrogens is 250 g/mol. The number of hydrogen-bond acceptors (Lipinski definition) is 3. The van der Waals surface area contributed by atoms with Crippen molar-refractivity contribution in [2.45, 2.75) is 20.8 Å². The van der Waals surface area contributed by atoms with Crippen molar-refractivity contribution >= 4 is 11.4 Å². The topological polar surface area (TPSA) is 30.5 Å². The second-order valence-electron chi connectivity index (χ2n) is 4.92. The van der Waals surface area contributed by atoms with Crippen LogP contribution in [0.5, 0.6) is 11.5 Å². The molecule has 3 nitrogen and oxygen atoms in total. The Balaban J connectivity index is 2.45. The maximum absolute atomic E-state index is 5.47. The number of nitrogens with one attached hydrogen (secondary N) is 1. The van der Waals surface area contributed by atoms with Gasteiger partial charge in [0.2, 0.25) is 0 Å². The van der Waals surface area contributed by atoms with Gasteiger partial charge in [-0.2, -0.15) is 0 Å². The maximum atomic E-state index is 5.47. The third kappa shape index (κ3) is 2.72. The summed E-state index contributed by atoms with van der Waals surface area (Å²) >= 11 is 0. The zero-order valence-corrected chi connectivity index (χ0v) is 12.7. The third-order valence-electron chi connectivity index (χ3n) is 3.50. The number of para-hydroxylation sites is 1. The molecule has 0 heterocycles. The monoisotopic (exact) mass is 271 g/mol. The van der Waals surface area contributed by atoms with Crippen molar-refractivity contribution in [3.05, 3.63) is 47.0 Å². The molecular formula is C17H21NO2. The Hall–Kier alpha value is -2.16. The first-order valence-corrected chi connectivity index (χ1v) is 6.62. The van der Waals surface area contributed by atoms with Crippen molar-refractivity contribution in [1.29, 1.82) is 0 Å². The highest BCUT2D eigenvalue weighted by Crippen LogP contribution is 2.35. The van der Waals surface area contributed by atoms with E-state index in [-0.39, 0.29) is 0 Å². The molecule has 0 aromatic heterocycles. The van der Waals surface area contributed by atoms with Gasteiger partial charge in [0.15, 0.2) is 0 Å². The van der Waals surface area contributed by atoms with E-state index in [1.165, 1.54) is 11.1 Å². The van der Waals surface area contributed by atoms with Crippen LogP contribution in [0.15, 0.2) is 30.3 Å². The van der Waals surface area contributed by atoms with Crippen LogP contribution in [0.2, 0.25) is 0 Å². The molecule has 0 atom stereocenters. The van der Waals surface area contributed by atoms with E-state index in [0.717, 1.165) is 28.4 Å². The van der Waals surface area contributed by atoms with Crippen LogP contribution in [0.1, 0.15) is 16.7 Å². The first kappa shape index (κ1) is 14.3. The lowest BCUT2D eigenvalue weighted by atomic mass is 10.1. The lowest BCUT2D eigenvalue weighted by molar-refractivity contribution is 0.412. The Bertz CT molecular complexity index is 621. The Morgan fingerprint density at radius 1 is 0.800 bits per heavy atom. The van der Waals surface area contributed by atoms with E-state index in [4.69, 9.17) is 9.47 Å². The molecule has 3 heteroatoms. The van der Waals surface area contributed by atoms with Crippen LogP contribution in [0, 0.1) is 20.8 Å². The summed E-state index contributed by atoms with van der Waals surface area (Å²) in [6.45, 7) is 6.20. The summed E-state index contributed by atoms with van der Waals surface area (Å²) < 4.78 is 10.9. The molecule has 106 valence electrons. The first-order valence-electron chi connectivity index (χ1n) is 6.62. The van der Waals surface area contributed by atoms with Crippen LogP contribution in [0.4, 0.5) is 11.4 Å². The highest BCUT2D eigenvalue weighted by molar-refractivity contribution is 5.73. The number of benzene rings is 2. The highest BCUT2D eigenvalue weighted by Gasteiger charge is 2.10. The Labute approximate surface area is 120 Å². The highest BCUT2D eigenvalue weighted by atomic mass is 16.5. The molecule has 0 spiro atoms. The fraction of sp³-hybridized carbons (Fsp3) is 0.294. The second kappa shape index (κ2) is 5.87. The van der Waals surface area contributed by atoms with Crippen LogP contribution < -0.4 is 14.8 Å². The van der Waals surface area contributed by atoms with Crippen molar-refractivity contribution in [2.75, 3.05) is 19.5 Å². The largest absolute Gasteiger partial charge is 0.495 e. The standard InChI is InChI=1S/C17H21NO2/c1-11-7-6-8-14(17(11)20-5)18-15-9-12(2)13(3)10-16(15)19-4/h6-10,18H,1-5H3. The fourth-order valence-corrected chi connectivity index (χ4v) is 2.22. The molecule has 2 rings (SSSR count).